The molecule has 23 heavy (non-hydrogen) atoms. The first kappa shape index (κ1) is 17.2. The van der Waals surface area contributed by atoms with Crippen LogP contribution in [0.5, 0.6) is 5.88 Å². The van der Waals surface area contributed by atoms with E-state index in [1.165, 1.54) is 12.3 Å². The van der Waals surface area contributed by atoms with Crippen LogP contribution in [0.3, 0.4) is 0 Å². The number of primary amides is 1. The van der Waals surface area contributed by atoms with Crippen molar-refractivity contribution in [3.05, 3.63) is 23.9 Å². The van der Waals surface area contributed by atoms with Crippen LogP contribution in [0.1, 0.15) is 63.2 Å². The Kier molecular flexibility index (Phi) is 4.92. The molecule has 0 atom stereocenters. The molecule has 0 aromatic carbocycles. The van der Waals surface area contributed by atoms with E-state index in [9.17, 15) is 9.59 Å². The van der Waals surface area contributed by atoms with Gasteiger partial charge in [0.1, 0.15) is 5.60 Å². The highest BCUT2D eigenvalue weighted by Gasteiger charge is 2.45. The van der Waals surface area contributed by atoms with Gasteiger partial charge in [0.25, 0.3) is 0 Å². The Morgan fingerprint density at radius 1 is 1.17 bits per heavy atom. The van der Waals surface area contributed by atoms with Gasteiger partial charge in [0.05, 0.1) is 5.56 Å². The molecule has 1 fully saturated rings. The lowest BCUT2D eigenvalue weighted by Gasteiger charge is -2.36. The number of hydrogen-bond acceptors (Lipinski definition) is 5. The third-order valence-electron chi connectivity index (χ3n) is 3.75. The molecule has 0 spiro atoms. The molecule has 0 bridgehead atoms. The third-order valence-corrected chi connectivity index (χ3v) is 3.75. The molecule has 2 rings (SSSR count). The van der Waals surface area contributed by atoms with Crippen LogP contribution in [0.25, 0.3) is 0 Å². The molecular formula is C17H24N2O4. The van der Waals surface area contributed by atoms with Crippen molar-refractivity contribution >= 4 is 11.9 Å². The summed E-state index contributed by atoms with van der Waals surface area (Å²) in [5.74, 6) is -0.614. The normalized spacial score (nSPS) is 17.3. The summed E-state index contributed by atoms with van der Waals surface area (Å²) in [5.41, 5.74) is 3.91. The maximum absolute atomic E-state index is 12.7. The third kappa shape index (κ3) is 4.43. The Balaban J connectivity index is 2.21. The van der Waals surface area contributed by atoms with Crippen molar-refractivity contribution in [3.8, 4) is 5.88 Å². The number of aromatic nitrogens is 1. The molecule has 0 unspecified atom stereocenters. The van der Waals surface area contributed by atoms with Gasteiger partial charge in [-0.2, -0.15) is 0 Å². The van der Waals surface area contributed by atoms with Crippen LogP contribution >= 0.6 is 0 Å². The van der Waals surface area contributed by atoms with Crippen LogP contribution < -0.4 is 10.5 Å². The minimum Gasteiger partial charge on any atom is -0.459 e. The van der Waals surface area contributed by atoms with Gasteiger partial charge in [-0.1, -0.05) is 6.42 Å². The fourth-order valence-corrected chi connectivity index (χ4v) is 2.63. The van der Waals surface area contributed by atoms with Crippen molar-refractivity contribution in [1.29, 1.82) is 0 Å². The van der Waals surface area contributed by atoms with Crippen molar-refractivity contribution in [2.75, 3.05) is 0 Å². The average molecular weight is 320 g/mol. The van der Waals surface area contributed by atoms with Gasteiger partial charge >= 0.3 is 5.97 Å². The predicted molar refractivity (Wildman–Crippen MR) is 85.0 cm³/mol. The second kappa shape index (κ2) is 6.56. The Hall–Kier alpha value is -2.11. The Morgan fingerprint density at radius 3 is 2.30 bits per heavy atom. The molecule has 1 saturated carbocycles. The number of carbonyl (C=O) groups is 2. The number of nitrogens with zero attached hydrogens (tertiary/aromatic N) is 1. The van der Waals surface area contributed by atoms with Gasteiger partial charge in [-0.15, -0.1) is 0 Å². The molecule has 0 radical (unpaired) electrons. The lowest BCUT2D eigenvalue weighted by molar-refractivity contribution is -0.177. The predicted octanol–water partition coefficient (Wildman–Crippen LogP) is 2.60. The summed E-state index contributed by atoms with van der Waals surface area (Å²) in [7, 11) is 0. The van der Waals surface area contributed by atoms with Gasteiger partial charge in [0.2, 0.25) is 17.4 Å². The van der Waals surface area contributed by atoms with Crippen molar-refractivity contribution < 1.29 is 19.1 Å². The first-order chi connectivity index (χ1) is 10.7. The van der Waals surface area contributed by atoms with Gasteiger partial charge in [0, 0.05) is 12.3 Å². The molecule has 6 heteroatoms. The summed E-state index contributed by atoms with van der Waals surface area (Å²) in [4.78, 5) is 27.9. The van der Waals surface area contributed by atoms with E-state index in [1.807, 2.05) is 20.8 Å². The zero-order valence-corrected chi connectivity index (χ0v) is 13.9. The molecule has 1 aliphatic rings. The zero-order valence-electron chi connectivity index (χ0n) is 13.9. The molecule has 1 aliphatic carbocycles. The van der Waals surface area contributed by atoms with Crippen LogP contribution in [0.4, 0.5) is 0 Å². The van der Waals surface area contributed by atoms with Crippen LogP contribution in [-0.4, -0.2) is 28.1 Å². The van der Waals surface area contributed by atoms with Crippen LogP contribution in [-0.2, 0) is 9.53 Å². The second-order valence-electron chi connectivity index (χ2n) is 6.91. The maximum Gasteiger partial charge on any atom is 0.351 e. The minimum absolute atomic E-state index is 0.294. The quantitative estimate of drug-likeness (QED) is 0.861. The van der Waals surface area contributed by atoms with Crippen LogP contribution in [0.2, 0.25) is 0 Å². The van der Waals surface area contributed by atoms with E-state index in [-0.39, 0.29) is 5.97 Å². The number of hydrogen-bond donors (Lipinski definition) is 1. The monoisotopic (exact) mass is 320 g/mol. The summed E-state index contributed by atoms with van der Waals surface area (Å²) in [6.45, 7) is 5.50. The molecule has 2 N–H and O–H groups in total. The highest BCUT2D eigenvalue weighted by molar-refractivity contribution is 5.92. The number of amides is 1. The molecular weight excluding hydrogens is 296 g/mol. The molecule has 1 heterocycles. The summed E-state index contributed by atoms with van der Waals surface area (Å²) in [5, 5.41) is 0. The molecule has 0 saturated heterocycles. The SMILES string of the molecule is CC(C)(C)OC(=O)C1(Oc2ccc(C(N)=O)cn2)CCCCC1. The number of carbonyl (C=O) groups excluding carboxylic acids is 2. The fraction of sp³-hybridized carbons (Fsp3) is 0.588. The van der Waals surface area contributed by atoms with Crippen molar-refractivity contribution in [2.45, 2.75) is 64.1 Å². The molecule has 1 amide bonds. The zero-order chi connectivity index (χ0) is 17.1. The van der Waals surface area contributed by atoms with E-state index < -0.39 is 17.1 Å². The van der Waals surface area contributed by atoms with E-state index in [0.717, 1.165) is 19.3 Å². The maximum atomic E-state index is 12.7. The fourth-order valence-electron chi connectivity index (χ4n) is 2.63. The summed E-state index contributed by atoms with van der Waals surface area (Å²) in [6.07, 6.45) is 5.42. The van der Waals surface area contributed by atoms with Crippen LogP contribution in [0.15, 0.2) is 18.3 Å². The first-order valence-electron chi connectivity index (χ1n) is 7.90. The van der Waals surface area contributed by atoms with E-state index >= 15 is 0 Å². The summed E-state index contributed by atoms with van der Waals surface area (Å²) >= 11 is 0. The highest BCUT2D eigenvalue weighted by Crippen LogP contribution is 2.34. The summed E-state index contributed by atoms with van der Waals surface area (Å²) < 4.78 is 11.5. The lowest BCUT2D eigenvalue weighted by atomic mass is 9.84. The number of nitrogens with two attached hydrogens (primary N) is 1. The van der Waals surface area contributed by atoms with Crippen LogP contribution in [0, 0.1) is 0 Å². The first-order valence-corrected chi connectivity index (χ1v) is 7.90. The molecule has 1 aromatic rings. The Labute approximate surface area is 136 Å². The molecule has 6 nitrogen and oxygen atoms in total. The molecule has 126 valence electrons. The van der Waals surface area contributed by atoms with Gasteiger partial charge in [0.15, 0.2) is 0 Å². The van der Waals surface area contributed by atoms with Gasteiger partial charge in [-0.05, 0) is 52.5 Å². The minimum atomic E-state index is -1.01. The van der Waals surface area contributed by atoms with Gasteiger partial charge < -0.3 is 15.2 Å². The number of pyridine rings is 1. The number of esters is 1. The van der Waals surface area contributed by atoms with E-state index in [2.05, 4.69) is 4.98 Å². The lowest BCUT2D eigenvalue weighted by Crippen LogP contribution is -2.49. The van der Waals surface area contributed by atoms with E-state index in [1.54, 1.807) is 6.07 Å². The second-order valence-corrected chi connectivity index (χ2v) is 6.91. The summed E-state index contributed by atoms with van der Waals surface area (Å²) in [6, 6.07) is 3.09. The Bertz CT molecular complexity index is 569. The largest absolute Gasteiger partial charge is 0.459 e. The average Bonchev–Trinajstić information content (AvgIpc) is 2.47. The van der Waals surface area contributed by atoms with E-state index in [4.69, 9.17) is 15.2 Å². The molecule has 0 aliphatic heterocycles. The Morgan fingerprint density at radius 2 is 1.83 bits per heavy atom. The standard InChI is InChI=1S/C17H24N2O4/c1-16(2,3)23-15(21)17(9-5-4-6-10-17)22-13-8-7-12(11-19-13)14(18)20/h7-8,11H,4-6,9-10H2,1-3H3,(H2,18,20). The van der Waals surface area contributed by atoms with Gasteiger partial charge in [-0.25, -0.2) is 9.78 Å². The van der Waals surface area contributed by atoms with E-state index in [0.29, 0.717) is 24.3 Å². The van der Waals surface area contributed by atoms with Gasteiger partial charge in [-0.3, -0.25) is 4.79 Å². The van der Waals surface area contributed by atoms with Crippen molar-refractivity contribution in [3.63, 3.8) is 0 Å². The van der Waals surface area contributed by atoms with Crippen molar-refractivity contribution in [1.82, 2.24) is 4.98 Å². The van der Waals surface area contributed by atoms with Crippen molar-refractivity contribution in [2.24, 2.45) is 5.73 Å². The highest BCUT2D eigenvalue weighted by atomic mass is 16.6. The molecule has 1 aromatic heterocycles. The smallest absolute Gasteiger partial charge is 0.351 e. The number of rotatable bonds is 4. The number of ether oxygens (including phenoxy) is 2. The topological polar surface area (TPSA) is 91.5 Å².